The second-order valence-corrected chi connectivity index (χ2v) is 4.94. The van der Waals surface area contributed by atoms with E-state index in [4.69, 9.17) is 0 Å². The monoisotopic (exact) mass is 309 g/mol. The number of rotatable bonds is 5. The number of hydrogen-bond donors (Lipinski definition) is 1. The van der Waals surface area contributed by atoms with Crippen molar-refractivity contribution < 1.29 is 18.3 Å². The Bertz CT molecular complexity index is 617. The molecule has 21 heavy (non-hydrogen) atoms. The van der Waals surface area contributed by atoms with Gasteiger partial charge in [-0.25, -0.2) is 0 Å². The molecule has 0 spiro atoms. The average Bonchev–Trinajstić information content (AvgIpc) is 2.48. The Balaban J connectivity index is 2.16. The van der Waals surface area contributed by atoms with Gasteiger partial charge in [-0.1, -0.05) is 12.1 Å². The first-order chi connectivity index (χ1) is 10.1. The topological polar surface area (TPSA) is 38.3 Å². The van der Waals surface area contributed by atoms with E-state index < -0.39 is 12.5 Å². The third-order valence-corrected chi connectivity index (χ3v) is 3.44. The minimum absolute atomic E-state index is 0.0618. The minimum Gasteiger partial charge on any atom is -0.434 e. The van der Waals surface area contributed by atoms with Gasteiger partial charge in [0.1, 0.15) is 5.75 Å². The summed E-state index contributed by atoms with van der Waals surface area (Å²) in [5, 5.41) is 2.65. The lowest BCUT2D eigenvalue weighted by Gasteiger charge is -2.11. The van der Waals surface area contributed by atoms with Crippen LogP contribution in [0, 0.1) is 0 Å². The smallest absolute Gasteiger partial charge is 0.387 e. The van der Waals surface area contributed by atoms with Crippen LogP contribution in [-0.4, -0.2) is 18.8 Å². The fraction of sp³-hybridized carbons (Fsp3) is 0.133. The van der Waals surface area contributed by atoms with Crippen LogP contribution in [0.3, 0.4) is 0 Å². The number of benzene rings is 2. The summed E-state index contributed by atoms with van der Waals surface area (Å²) >= 11 is 1.59. The van der Waals surface area contributed by atoms with Crippen LogP contribution in [0.25, 0.3) is 0 Å². The van der Waals surface area contributed by atoms with E-state index >= 15 is 0 Å². The second kappa shape index (κ2) is 7.08. The summed E-state index contributed by atoms with van der Waals surface area (Å²) in [5.74, 6) is -0.645. The van der Waals surface area contributed by atoms with Gasteiger partial charge in [-0.05, 0) is 42.7 Å². The van der Waals surface area contributed by atoms with Gasteiger partial charge in [0.2, 0.25) is 0 Å². The minimum atomic E-state index is -2.97. The molecule has 0 unspecified atom stereocenters. The molecule has 0 heterocycles. The summed E-state index contributed by atoms with van der Waals surface area (Å²) in [4.78, 5) is 13.2. The molecule has 110 valence electrons. The van der Waals surface area contributed by atoms with Crippen LogP contribution in [-0.2, 0) is 0 Å². The molecule has 0 bridgehead atoms. The van der Waals surface area contributed by atoms with Crippen molar-refractivity contribution in [1.82, 2.24) is 0 Å². The van der Waals surface area contributed by atoms with Gasteiger partial charge in [0, 0.05) is 10.6 Å². The molecule has 0 aromatic heterocycles. The molecule has 0 radical (unpaired) electrons. The van der Waals surface area contributed by atoms with Crippen molar-refractivity contribution in [1.29, 1.82) is 0 Å². The number of carbonyl (C=O) groups excluding carboxylic acids is 1. The number of alkyl halides is 2. The summed E-state index contributed by atoms with van der Waals surface area (Å²) < 4.78 is 29.0. The lowest BCUT2D eigenvalue weighted by molar-refractivity contribution is -0.0501. The maximum absolute atomic E-state index is 12.3. The zero-order valence-electron chi connectivity index (χ0n) is 11.2. The van der Waals surface area contributed by atoms with E-state index in [1.165, 1.54) is 18.2 Å². The first-order valence-corrected chi connectivity index (χ1v) is 7.32. The summed E-state index contributed by atoms with van der Waals surface area (Å²) in [6.45, 7) is -2.97. The van der Waals surface area contributed by atoms with Crippen LogP contribution in [0.5, 0.6) is 5.75 Å². The highest BCUT2D eigenvalue weighted by atomic mass is 32.2. The van der Waals surface area contributed by atoms with Crippen molar-refractivity contribution in [3.8, 4) is 5.75 Å². The molecule has 3 nitrogen and oxygen atoms in total. The summed E-state index contributed by atoms with van der Waals surface area (Å²) in [7, 11) is 0. The number of para-hydroxylation sites is 1. The molecule has 0 aliphatic heterocycles. The number of ether oxygens (including phenoxy) is 1. The lowest BCUT2D eigenvalue weighted by atomic mass is 10.2. The van der Waals surface area contributed by atoms with E-state index in [0.29, 0.717) is 5.69 Å². The number of nitrogens with one attached hydrogen (secondary N) is 1. The number of carbonyl (C=O) groups is 1. The molecule has 1 amide bonds. The van der Waals surface area contributed by atoms with E-state index in [9.17, 15) is 13.6 Å². The fourth-order valence-corrected chi connectivity index (χ4v) is 2.13. The predicted molar refractivity (Wildman–Crippen MR) is 79.3 cm³/mol. The van der Waals surface area contributed by atoms with Crippen molar-refractivity contribution in [2.75, 3.05) is 11.6 Å². The van der Waals surface area contributed by atoms with Crippen molar-refractivity contribution in [3.63, 3.8) is 0 Å². The molecule has 2 rings (SSSR count). The zero-order chi connectivity index (χ0) is 15.2. The SMILES string of the molecule is CSc1ccc(NC(=O)c2ccccc2OC(F)F)cc1. The van der Waals surface area contributed by atoms with Crippen molar-refractivity contribution >= 4 is 23.4 Å². The van der Waals surface area contributed by atoms with Crippen molar-refractivity contribution in [3.05, 3.63) is 54.1 Å². The largest absolute Gasteiger partial charge is 0.434 e. The van der Waals surface area contributed by atoms with Crippen molar-refractivity contribution in [2.24, 2.45) is 0 Å². The molecule has 6 heteroatoms. The average molecular weight is 309 g/mol. The first kappa shape index (κ1) is 15.3. The third kappa shape index (κ3) is 4.19. The Kier molecular flexibility index (Phi) is 5.16. The van der Waals surface area contributed by atoms with Gasteiger partial charge >= 0.3 is 6.61 Å². The summed E-state index contributed by atoms with van der Waals surface area (Å²) in [6.07, 6.45) is 1.95. The maximum Gasteiger partial charge on any atom is 0.387 e. The van der Waals surface area contributed by atoms with Gasteiger partial charge in [0.05, 0.1) is 5.56 Å². The zero-order valence-corrected chi connectivity index (χ0v) is 12.0. The van der Waals surface area contributed by atoms with Gasteiger partial charge in [-0.3, -0.25) is 4.79 Å². The Hall–Kier alpha value is -2.08. The Labute approximate surface area is 125 Å². The van der Waals surface area contributed by atoms with E-state index in [-0.39, 0.29) is 11.3 Å². The highest BCUT2D eigenvalue weighted by Gasteiger charge is 2.15. The summed E-state index contributed by atoms with van der Waals surface area (Å²) in [6, 6.07) is 13.1. The van der Waals surface area contributed by atoms with Gasteiger partial charge in [0.25, 0.3) is 5.91 Å². The quantitative estimate of drug-likeness (QED) is 0.839. The van der Waals surface area contributed by atoms with Crippen LogP contribution < -0.4 is 10.1 Å². The molecule has 2 aromatic carbocycles. The van der Waals surface area contributed by atoms with Gasteiger partial charge < -0.3 is 10.1 Å². The number of hydrogen-bond acceptors (Lipinski definition) is 3. The summed E-state index contributed by atoms with van der Waals surface area (Å²) in [5.41, 5.74) is 0.649. The second-order valence-electron chi connectivity index (χ2n) is 4.06. The molecule has 0 fully saturated rings. The number of thioether (sulfide) groups is 1. The van der Waals surface area contributed by atoms with E-state index in [1.807, 2.05) is 18.4 Å². The van der Waals surface area contributed by atoms with Crippen LogP contribution in [0.15, 0.2) is 53.4 Å². The van der Waals surface area contributed by atoms with Gasteiger partial charge in [0.15, 0.2) is 0 Å². The van der Waals surface area contributed by atoms with Crippen LogP contribution in [0.2, 0.25) is 0 Å². The predicted octanol–water partition coefficient (Wildman–Crippen LogP) is 4.26. The molecule has 1 N–H and O–H groups in total. The highest BCUT2D eigenvalue weighted by Crippen LogP contribution is 2.22. The van der Waals surface area contributed by atoms with Crippen LogP contribution >= 0.6 is 11.8 Å². The molecule has 0 saturated carbocycles. The molecular formula is C15H13F2NO2S. The van der Waals surface area contributed by atoms with Gasteiger partial charge in [-0.2, -0.15) is 8.78 Å². The molecule has 2 aromatic rings. The number of amides is 1. The molecular weight excluding hydrogens is 296 g/mol. The Morgan fingerprint density at radius 1 is 1.14 bits per heavy atom. The van der Waals surface area contributed by atoms with Crippen LogP contribution in [0.4, 0.5) is 14.5 Å². The Morgan fingerprint density at radius 2 is 1.81 bits per heavy atom. The standard InChI is InChI=1S/C15H13F2NO2S/c1-21-11-8-6-10(7-9-11)18-14(19)12-4-2-3-5-13(12)20-15(16)17/h2-9,15H,1H3,(H,18,19). The first-order valence-electron chi connectivity index (χ1n) is 6.09. The number of anilines is 1. The third-order valence-electron chi connectivity index (χ3n) is 2.70. The molecule has 0 atom stereocenters. The number of halogens is 2. The van der Waals surface area contributed by atoms with E-state index in [1.54, 1.807) is 30.0 Å². The fourth-order valence-electron chi connectivity index (χ4n) is 1.73. The van der Waals surface area contributed by atoms with E-state index in [0.717, 1.165) is 4.90 Å². The van der Waals surface area contributed by atoms with E-state index in [2.05, 4.69) is 10.1 Å². The Morgan fingerprint density at radius 3 is 2.43 bits per heavy atom. The van der Waals surface area contributed by atoms with Gasteiger partial charge in [-0.15, -0.1) is 11.8 Å². The lowest BCUT2D eigenvalue weighted by Crippen LogP contribution is -2.14. The maximum atomic E-state index is 12.3. The molecule has 0 saturated heterocycles. The van der Waals surface area contributed by atoms with Crippen molar-refractivity contribution in [2.45, 2.75) is 11.5 Å². The van der Waals surface area contributed by atoms with Crippen LogP contribution in [0.1, 0.15) is 10.4 Å². The molecule has 0 aliphatic carbocycles. The normalized spacial score (nSPS) is 10.5. The highest BCUT2D eigenvalue weighted by molar-refractivity contribution is 7.98. The molecule has 0 aliphatic rings.